The van der Waals surface area contributed by atoms with Gasteiger partial charge in [-0.1, -0.05) is 0 Å². The highest BCUT2D eigenvalue weighted by Crippen LogP contribution is 2.15. The summed E-state index contributed by atoms with van der Waals surface area (Å²) in [5, 5.41) is 2.81. The molecule has 0 radical (unpaired) electrons. The average molecular weight is 242 g/mol. The molecule has 0 saturated carbocycles. The molecule has 1 aromatic carbocycles. The van der Waals surface area contributed by atoms with Crippen LogP contribution in [0.15, 0.2) is 24.3 Å². The highest BCUT2D eigenvalue weighted by molar-refractivity contribution is 6.17. The molecule has 0 heterocycles. The van der Waals surface area contributed by atoms with Gasteiger partial charge in [0.2, 0.25) is 5.91 Å². The molecule has 0 unspecified atom stereocenters. The maximum Gasteiger partial charge on any atom is 0.224 e. The number of carbonyl (C=O) groups is 1. The highest BCUT2D eigenvalue weighted by atomic mass is 35.5. The second kappa shape index (κ2) is 7.12. The number of amides is 1. The van der Waals surface area contributed by atoms with Crippen molar-refractivity contribution in [2.24, 2.45) is 0 Å². The first kappa shape index (κ1) is 12.8. The number of hydrogen-bond acceptors (Lipinski definition) is 2. The van der Waals surface area contributed by atoms with E-state index in [1.54, 1.807) is 7.11 Å². The predicted octanol–water partition coefficient (Wildman–Crippen LogP) is 3.04. The van der Waals surface area contributed by atoms with Crippen LogP contribution in [-0.4, -0.2) is 18.9 Å². The van der Waals surface area contributed by atoms with Gasteiger partial charge in [-0.15, -0.1) is 11.6 Å². The second-order valence-corrected chi connectivity index (χ2v) is 3.80. The molecule has 0 fully saturated rings. The molecular weight excluding hydrogens is 226 g/mol. The molecule has 88 valence electrons. The van der Waals surface area contributed by atoms with Gasteiger partial charge in [0.25, 0.3) is 0 Å². The monoisotopic (exact) mass is 241 g/mol. The minimum atomic E-state index is 0.0234. The smallest absolute Gasteiger partial charge is 0.224 e. The number of halogens is 1. The number of methoxy groups -OCH3 is 1. The van der Waals surface area contributed by atoms with E-state index >= 15 is 0 Å². The van der Waals surface area contributed by atoms with E-state index in [2.05, 4.69) is 5.32 Å². The van der Waals surface area contributed by atoms with Crippen LogP contribution < -0.4 is 10.1 Å². The van der Waals surface area contributed by atoms with Crippen LogP contribution in [0.4, 0.5) is 5.69 Å². The Kier molecular flexibility index (Phi) is 5.72. The van der Waals surface area contributed by atoms with E-state index in [1.165, 1.54) is 0 Å². The molecule has 1 aromatic rings. The van der Waals surface area contributed by atoms with Gasteiger partial charge in [0, 0.05) is 18.0 Å². The third-order valence-corrected chi connectivity index (χ3v) is 2.43. The highest BCUT2D eigenvalue weighted by Gasteiger charge is 2.01. The molecule has 3 nitrogen and oxygen atoms in total. The molecule has 0 aliphatic carbocycles. The number of benzene rings is 1. The van der Waals surface area contributed by atoms with Crippen LogP contribution in [0, 0.1) is 0 Å². The molecule has 0 aliphatic rings. The fraction of sp³-hybridized carbons (Fsp3) is 0.417. The second-order valence-electron chi connectivity index (χ2n) is 3.42. The van der Waals surface area contributed by atoms with Crippen molar-refractivity contribution in [3.63, 3.8) is 0 Å². The Balaban J connectivity index is 2.37. The Labute approximate surface area is 101 Å². The Morgan fingerprint density at radius 3 is 2.56 bits per heavy atom. The summed E-state index contributed by atoms with van der Waals surface area (Å²) in [6.07, 6.45) is 2.21. The normalized spacial score (nSPS) is 9.88. The van der Waals surface area contributed by atoms with E-state index in [4.69, 9.17) is 16.3 Å². The van der Waals surface area contributed by atoms with Gasteiger partial charge < -0.3 is 10.1 Å². The number of hydrogen-bond donors (Lipinski definition) is 1. The maximum atomic E-state index is 11.5. The topological polar surface area (TPSA) is 38.3 Å². The summed E-state index contributed by atoms with van der Waals surface area (Å²) in [4.78, 5) is 11.5. The van der Waals surface area contributed by atoms with Crippen molar-refractivity contribution >= 4 is 23.2 Å². The quantitative estimate of drug-likeness (QED) is 0.614. The minimum absolute atomic E-state index is 0.0234. The standard InChI is InChI=1S/C12H16ClNO2/c1-16-11-7-5-10(6-8-11)14-12(15)4-2-3-9-13/h5-8H,2-4,9H2,1H3,(H,14,15). The van der Waals surface area contributed by atoms with E-state index in [0.29, 0.717) is 12.3 Å². The van der Waals surface area contributed by atoms with Gasteiger partial charge in [-0.25, -0.2) is 0 Å². The number of unbranched alkanes of at least 4 members (excludes halogenated alkanes) is 1. The summed E-state index contributed by atoms with van der Waals surface area (Å²) in [7, 11) is 1.61. The lowest BCUT2D eigenvalue weighted by molar-refractivity contribution is -0.116. The Bertz CT molecular complexity index is 324. The molecule has 0 bridgehead atoms. The van der Waals surface area contributed by atoms with Gasteiger partial charge in [0.1, 0.15) is 5.75 Å². The summed E-state index contributed by atoms with van der Waals surface area (Å²) in [5.74, 6) is 1.41. The maximum absolute atomic E-state index is 11.5. The largest absolute Gasteiger partial charge is 0.497 e. The Morgan fingerprint density at radius 1 is 1.31 bits per heavy atom. The van der Waals surface area contributed by atoms with E-state index in [0.717, 1.165) is 24.3 Å². The van der Waals surface area contributed by atoms with E-state index < -0.39 is 0 Å². The van der Waals surface area contributed by atoms with Gasteiger partial charge >= 0.3 is 0 Å². The molecule has 1 amide bonds. The number of rotatable bonds is 6. The van der Waals surface area contributed by atoms with Crippen molar-refractivity contribution in [2.75, 3.05) is 18.3 Å². The molecule has 0 aromatic heterocycles. The van der Waals surface area contributed by atoms with Crippen molar-refractivity contribution in [2.45, 2.75) is 19.3 Å². The summed E-state index contributed by atoms with van der Waals surface area (Å²) in [6, 6.07) is 7.26. The number of carbonyl (C=O) groups excluding carboxylic acids is 1. The van der Waals surface area contributed by atoms with Crippen molar-refractivity contribution in [1.29, 1.82) is 0 Å². The van der Waals surface area contributed by atoms with Crippen LogP contribution in [0.5, 0.6) is 5.75 Å². The zero-order chi connectivity index (χ0) is 11.8. The molecule has 0 saturated heterocycles. The first-order valence-corrected chi connectivity index (χ1v) is 5.79. The van der Waals surface area contributed by atoms with Crippen molar-refractivity contribution in [1.82, 2.24) is 0 Å². The molecule has 0 aliphatic heterocycles. The summed E-state index contributed by atoms with van der Waals surface area (Å²) in [5.41, 5.74) is 0.789. The fourth-order valence-electron chi connectivity index (χ4n) is 1.28. The van der Waals surface area contributed by atoms with Crippen LogP contribution in [0.1, 0.15) is 19.3 Å². The Morgan fingerprint density at radius 2 is 2.00 bits per heavy atom. The first-order chi connectivity index (χ1) is 7.76. The van der Waals surface area contributed by atoms with Crippen LogP contribution in [0.2, 0.25) is 0 Å². The number of nitrogens with one attached hydrogen (secondary N) is 1. The van der Waals surface area contributed by atoms with Gasteiger partial charge in [-0.3, -0.25) is 4.79 Å². The van der Waals surface area contributed by atoms with Crippen LogP contribution in [-0.2, 0) is 4.79 Å². The minimum Gasteiger partial charge on any atom is -0.497 e. The van der Waals surface area contributed by atoms with Crippen LogP contribution >= 0.6 is 11.6 Å². The molecule has 1 N–H and O–H groups in total. The van der Waals surface area contributed by atoms with Crippen LogP contribution in [0.3, 0.4) is 0 Å². The zero-order valence-corrected chi connectivity index (χ0v) is 10.1. The number of ether oxygens (including phenoxy) is 1. The van der Waals surface area contributed by atoms with E-state index in [9.17, 15) is 4.79 Å². The Hall–Kier alpha value is -1.22. The summed E-state index contributed by atoms with van der Waals surface area (Å²) < 4.78 is 5.03. The predicted molar refractivity (Wildman–Crippen MR) is 66.2 cm³/mol. The van der Waals surface area contributed by atoms with Gasteiger partial charge in [0.15, 0.2) is 0 Å². The number of alkyl halides is 1. The zero-order valence-electron chi connectivity index (χ0n) is 9.33. The number of anilines is 1. The molecule has 4 heteroatoms. The van der Waals surface area contributed by atoms with Gasteiger partial charge in [-0.2, -0.15) is 0 Å². The van der Waals surface area contributed by atoms with Crippen molar-refractivity contribution in [3.05, 3.63) is 24.3 Å². The first-order valence-electron chi connectivity index (χ1n) is 5.26. The summed E-state index contributed by atoms with van der Waals surface area (Å²) in [6.45, 7) is 0. The van der Waals surface area contributed by atoms with E-state index in [-0.39, 0.29) is 5.91 Å². The summed E-state index contributed by atoms with van der Waals surface area (Å²) >= 11 is 5.53. The average Bonchev–Trinajstić information content (AvgIpc) is 2.30. The lowest BCUT2D eigenvalue weighted by Gasteiger charge is -2.05. The molecular formula is C12H16ClNO2. The van der Waals surface area contributed by atoms with Crippen molar-refractivity contribution < 1.29 is 9.53 Å². The van der Waals surface area contributed by atoms with Crippen molar-refractivity contribution in [3.8, 4) is 5.75 Å². The molecule has 16 heavy (non-hydrogen) atoms. The molecule has 1 rings (SSSR count). The van der Waals surface area contributed by atoms with E-state index in [1.807, 2.05) is 24.3 Å². The molecule has 0 atom stereocenters. The fourth-order valence-corrected chi connectivity index (χ4v) is 1.47. The lowest BCUT2D eigenvalue weighted by Crippen LogP contribution is -2.10. The third kappa shape index (κ3) is 4.53. The third-order valence-electron chi connectivity index (χ3n) is 2.16. The SMILES string of the molecule is COc1ccc(NC(=O)CCCCCl)cc1. The van der Waals surface area contributed by atoms with Gasteiger partial charge in [-0.05, 0) is 37.1 Å². The lowest BCUT2D eigenvalue weighted by atomic mass is 10.2. The van der Waals surface area contributed by atoms with Crippen LogP contribution in [0.25, 0.3) is 0 Å². The van der Waals surface area contributed by atoms with Gasteiger partial charge in [0.05, 0.1) is 7.11 Å². The molecule has 0 spiro atoms.